The summed E-state index contributed by atoms with van der Waals surface area (Å²) in [5.74, 6) is -5.68. The highest BCUT2D eigenvalue weighted by Crippen LogP contribution is 2.61. The minimum Gasteiger partial charge on any atom is -0.394 e. The fourth-order valence-corrected chi connectivity index (χ4v) is 14.2. The van der Waals surface area contributed by atoms with Crippen molar-refractivity contribution in [1.29, 1.82) is 0 Å². The first kappa shape index (κ1) is 81.7. The summed E-state index contributed by atoms with van der Waals surface area (Å²) in [6.07, 6.45) is -15.3. The lowest BCUT2D eigenvalue weighted by Gasteiger charge is -2.41. The number of carbonyl (C=O) groups is 6. The number of H-pyrrole nitrogens is 1. The number of aromatic nitrogens is 4. The highest BCUT2D eigenvalue weighted by Gasteiger charge is 2.48. The number of carbonyl (C=O) groups excluding carboxylic acids is 6. The van der Waals surface area contributed by atoms with Gasteiger partial charge in [-0.25, -0.2) is 14.1 Å². The van der Waals surface area contributed by atoms with Gasteiger partial charge < -0.3 is 95.8 Å². The molecular formula is C60H99N11O24P2. The number of aromatic amines is 1. The maximum atomic E-state index is 14.8. The number of fused-ring (bicyclic) bond motifs is 1. The highest BCUT2D eigenvalue weighted by molar-refractivity contribution is 7.61. The van der Waals surface area contributed by atoms with E-state index in [1.165, 1.54) is 26.2 Å². The SMILES string of the molecule is CC[C@H](C)[C@@H]([C@@H](CC(=O)N1CCC[C@H]1[C@H](OC)[C@@H](C)C(=O)N[C@H](C)[C@@H](O)c1ccccc1)OC)N(C)C(=O)C(NC(=O)C(C(C)C)N(C)C(=O)CCC(=O)NCC(O[C@@H](C)OP(=O)(O)OP(=O)(O)OCC1OC(n2cnc3c(=O)[nH]c(N)nc32)C(O)C1O)C(O)[C@H](O)CO)C(C)C. The van der Waals surface area contributed by atoms with Gasteiger partial charge in [0.25, 0.3) is 5.56 Å². The van der Waals surface area contributed by atoms with Crippen LogP contribution in [0.3, 0.4) is 0 Å². The minimum absolute atomic E-state index is 0.145. The first-order valence-electron chi connectivity index (χ1n) is 32.0. The van der Waals surface area contributed by atoms with E-state index in [1.54, 1.807) is 77.8 Å². The fourth-order valence-electron chi connectivity index (χ4n) is 12.1. The summed E-state index contributed by atoms with van der Waals surface area (Å²) in [6.45, 7) is 12.6. The monoisotopic (exact) mass is 1420 g/mol. The Morgan fingerprint density at radius 1 is 0.876 bits per heavy atom. The Labute approximate surface area is 562 Å². The number of aliphatic hydroxyl groups excluding tert-OH is 6. The van der Waals surface area contributed by atoms with Gasteiger partial charge in [0, 0.05) is 54.2 Å². The Kier molecular flexibility index (Phi) is 30.7. The van der Waals surface area contributed by atoms with E-state index in [-0.39, 0.29) is 41.3 Å². The lowest BCUT2D eigenvalue weighted by Crippen LogP contribution is -2.60. The van der Waals surface area contributed by atoms with Gasteiger partial charge in [-0.2, -0.15) is 9.29 Å². The molecule has 3 aromatic rings. The van der Waals surface area contributed by atoms with Crippen LogP contribution in [0.1, 0.15) is 119 Å². The van der Waals surface area contributed by atoms with Gasteiger partial charge in [0.2, 0.25) is 41.4 Å². The van der Waals surface area contributed by atoms with Gasteiger partial charge in [0.1, 0.15) is 48.7 Å². The number of nitrogens with two attached hydrogens (primary N) is 1. The summed E-state index contributed by atoms with van der Waals surface area (Å²) in [5.41, 5.74) is 5.18. The van der Waals surface area contributed by atoms with E-state index in [0.29, 0.717) is 31.4 Å². The molecule has 0 radical (unpaired) electrons. The topological polar surface area (TPSA) is 498 Å². The zero-order valence-electron chi connectivity index (χ0n) is 56.8. The van der Waals surface area contributed by atoms with Crippen LogP contribution in [-0.2, 0) is 70.2 Å². The van der Waals surface area contributed by atoms with Crippen LogP contribution in [0.4, 0.5) is 5.95 Å². The fraction of sp³-hybridized carbons (Fsp3) is 0.717. The maximum Gasteiger partial charge on any atom is 0.483 e. The molecule has 0 saturated carbocycles. The van der Waals surface area contributed by atoms with E-state index in [4.69, 9.17) is 33.7 Å². The summed E-state index contributed by atoms with van der Waals surface area (Å²) in [4.78, 5) is 132. The number of hydrogen-bond acceptors (Lipinski definition) is 25. The molecule has 97 heavy (non-hydrogen) atoms. The molecule has 4 heterocycles. The molecule has 6 amide bonds. The quantitative estimate of drug-likeness (QED) is 0.0259. The van der Waals surface area contributed by atoms with Crippen LogP contribution in [0.25, 0.3) is 11.2 Å². The Hall–Kier alpha value is -5.95. The summed E-state index contributed by atoms with van der Waals surface area (Å²) in [7, 11) is -5.47. The minimum atomic E-state index is -5.70. The molecule has 5 rings (SSSR count). The Morgan fingerprint density at radius 3 is 2.13 bits per heavy atom. The maximum absolute atomic E-state index is 14.8. The van der Waals surface area contributed by atoms with Crippen LogP contribution in [0.2, 0.25) is 0 Å². The molecule has 0 aliphatic carbocycles. The van der Waals surface area contributed by atoms with Gasteiger partial charge >= 0.3 is 15.6 Å². The number of ether oxygens (including phenoxy) is 4. The lowest BCUT2D eigenvalue weighted by atomic mass is 9.89. The normalized spacial score (nSPS) is 22.8. The van der Waals surface area contributed by atoms with Gasteiger partial charge in [0.15, 0.2) is 23.7 Å². The molecule has 0 bridgehead atoms. The van der Waals surface area contributed by atoms with Gasteiger partial charge in [-0.1, -0.05) is 85.2 Å². The predicted octanol–water partition coefficient (Wildman–Crippen LogP) is -0.304. The van der Waals surface area contributed by atoms with Crippen molar-refractivity contribution in [2.75, 3.05) is 60.4 Å². The molecule has 20 atom stereocenters. The Morgan fingerprint density at radius 2 is 1.54 bits per heavy atom. The largest absolute Gasteiger partial charge is 0.483 e. The molecule has 37 heteroatoms. The number of amides is 6. The number of likely N-dealkylation sites (tertiary alicyclic amines) is 1. The molecule has 1 aromatic carbocycles. The van der Waals surface area contributed by atoms with Crippen LogP contribution < -0.4 is 27.2 Å². The first-order chi connectivity index (χ1) is 45.4. The third-order valence-electron chi connectivity index (χ3n) is 17.5. The van der Waals surface area contributed by atoms with Crippen molar-refractivity contribution in [3.63, 3.8) is 0 Å². The lowest BCUT2D eigenvalue weighted by molar-refractivity contribution is -0.170. The number of benzene rings is 1. The molecule has 2 aliphatic heterocycles. The molecule has 10 unspecified atom stereocenters. The zero-order valence-corrected chi connectivity index (χ0v) is 58.6. The van der Waals surface area contributed by atoms with E-state index in [2.05, 4.69) is 35.2 Å². The van der Waals surface area contributed by atoms with E-state index < -0.39 is 193 Å². The van der Waals surface area contributed by atoms with E-state index >= 15 is 0 Å². The molecule has 2 saturated heterocycles. The number of phosphoric ester groups is 2. The summed E-state index contributed by atoms with van der Waals surface area (Å²) in [6, 6.07) is 4.81. The molecule has 2 aromatic heterocycles. The van der Waals surface area contributed by atoms with Crippen molar-refractivity contribution >= 4 is 68.2 Å². The molecule has 14 N–H and O–H groups in total. The van der Waals surface area contributed by atoms with E-state index in [0.717, 1.165) is 22.7 Å². The van der Waals surface area contributed by atoms with Crippen LogP contribution >= 0.6 is 15.6 Å². The van der Waals surface area contributed by atoms with Crippen molar-refractivity contribution in [2.45, 2.75) is 199 Å². The number of nitrogen functional groups attached to an aromatic ring is 1. The molecule has 548 valence electrons. The van der Waals surface area contributed by atoms with E-state index in [1.807, 2.05) is 19.9 Å². The smallest absolute Gasteiger partial charge is 0.394 e. The van der Waals surface area contributed by atoms with Crippen LogP contribution in [0.15, 0.2) is 41.5 Å². The van der Waals surface area contributed by atoms with Gasteiger partial charge in [-0.3, -0.25) is 52.2 Å². The molecule has 2 aliphatic rings. The number of hydrogen-bond donors (Lipinski definition) is 13. The van der Waals surface area contributed by atoms with Gasteiger partial charge in [-0.05, 0) is 50.0 Å². The van der Waals surface area contributed by atoms with Gasteiger partial charge in [-0.15, -0.1) is 0 Å². The second-order valence-electron chi connectivity index (χ2n) is 25.2. The predicted molar refractivity (Wildman–Crippen MR) is 345 cm³/mol. The number of rotatable bonds is 38. The van der Waals surface area contributed by atoms with Crippen molar-refractivity contribution in [1.82, 2.24) is 50.2 Å². The third kappa shape index (κ3) is 21.5. The van der Waals surface area contributed by atoms with Gasteiger partial charge in [0.05, 0.1) is 68.3 Å². The van der Waals surface area contributed by atoms with Crippen molar-refractivity contribution in [3.05, 3.63) is 52.6 Å². The van der Waals surface area contributed by atoms with Crippen molar-refractivity contribution in [3.8, 4) is 0 Å². The highest BCUT2D eigenvalue weighted by atomic mass is 31.3. The Bertz CT molecular complexity index is 3260. The number of imidazole rings is 1. The second-order valence-corrected chi connectivity index (χ2v) is 28.2. The van der Waals surface area contributed by atoms with Crippen LogP contribution in [-0.4, -0.2) is 250 Å². The number of nitrogens with one attached hydrogen (secondary N) is 4. The zero-order chi connectivity index (χ0) is 72.7. The van der Waals surface area contributed by atoms with Crippen LogP contribution in [0, 0.1) is 23.7 Å². The summed E-state index contributed by atoms with van der Waals surface area (Å²) in [5, 5.41) is 71.2. The molecular weight excluding hydrogens is 1320 g/mol. The first-order valence-corrected chi connectivity index (χ1v) is 35.0. The number of nitrogens with zero attached hydrogens (tertiary/aromatic N) is 6. The average Bonchev–Trinajstić information content (AvgIpc) is 1.66. The van der Waals surface area contributed by atoms with Crippen LogP contribution in [0.5, 0.6) is 0 Å². The number of likely N-dealkylation sites (N-methyl/N-ethyl adjacent to an activating group) is 2. The number of phosphoric acid groups is 2. The summed E-state index contributed by atoms with van der Waals surface area (Å²) >= 11 is 0. The number of aliphatic hydroxyl groups is 6. The van der Waals surface area contributed by atoms with Crippen molar-refractivity contribution in [2.24, 2.45) is 23.7 Å². The number of anilines is 1. The Balaban J connectivity index is 1.16. The second kappa shape index (κ2) is 36.4. The summed E-state index contributed by atoms with van der Waals surface area (Å²) < 4.78 is 63.9. The molecule has 35 nitrogen and oxygen atoms in total. The molecule has 0 spiro atoms. The molecule has 2 fully saturated rings. The van der Waals surface area contributed by atoms with Crippen molar-refractivity contribution < 1.29 is 111 Å². The standard InChI is InChI=1S/C60H99N11O24P2/c1-14-32(6)48(39(89-12)25-44(76)70-24-18-21-37(70)53(90-13)33(7)55(81)64-34(8)49(77)36-19-16-15-17-20-36)69(11)58(84)45(30(2)3)65-57(83)47(31(4)5)68(10)43(75)23-22-42(74)62-26-40(50(78)38(73)27-72)92-35(9)94-97(87,88)95-96(85,86)91-28-41-51(79)52(80)59(93-41)71-29-63-46-54(71)66-60(61)67-56(46)82/h15-17,19-20,29-35,37-41,45,47-53,59,72-73,77-80H,14,18,21-28H2,1-13H3,(H,62,74)(H,64,81)(H,65,83)(H,85,86)(H,87,88)(H3,61,66,67,82)/t32-,33+,34+,35+,37-,38+,39+,40?,41?,45?,47?,48-,49+,50?,51?,52?,53+,59?/m0/s1. The van der Waals surface area contributed by atoms with E-state index in [9.17, 15) is 83.1 Å². The number of methoxy groups -OCH3 is 2. The third-order valence-corrected chi connectivity index (χ3v) is 20.2. The average molecular weight is 1420 g/mol.